The topological polar surface area (TPSA) is 12.0 Å². The van der Waals surface area contributed by atoms with Crippen LogP contribution < -0.4 is 5.32 Å². The maximum Gasteiger partial charge on any atom is 0.0374 e. The number of nitrogens with one attached hydrogen (secondary N) is 1. The van der Waals surface area contributed by atoms with Gasteiger partial charge in [-0.1, -0.05) is 24.6 Å². The fourth-order valence-electron chi connectivity index (χ4n) is 4.57. The lowest BCUT2D eigenvalue weighted by atomic mass is 9.79. The van der Waals surface area contributed by atoms with Gasteiger partial charge in [0, 0.05) is 11.7 Å². The number of para-hydroxylation sites is 1. The molecule has 1 unspecified atom stereocenters. The van der Waals surface area contributed by atoms with E-state index in [4.69, 9.17) is 0 Å². The second-order valence-corrected chi connectivity index (χ2v) is 6.29. The van der Waals surface area contributed by atoms with Crippen LogP contribution in [0.25, 0.3) is 0 Å². The van der Waals surface area contributed by atoms with Crippen LogP contribution in [0, 0.1) is 17.8 Å². The third-order valence-electron chi connectivity index (χ3n) is 5.39. The van der Waals surface area contributed by atoms with E-state index in [-0.39, 0.29) is 0 Å². The van der Waals surface area contributed by atoms with Gasteiger partial charge in [-0.15, -0.1) is 0 Å². The molecule has 1 N–H and O–H groups in total. The summed E-state index contributed by atoms with van der Waals surface area (Å²) in [5.74, 6) is 3.09. The highest BCUT2D eigenvalue weighted by atomic mass is 14.9. The Kier molecular flexibility index (Phi) is 2.21. The van der Waals surface area contributed by atoms with Gasteiger partial charge in [0.05, 0.1) is 0 Å². The van der Waals surface area contributed by atoms with Crippen molar-refractivity contribution < 1.29 is 0 Å². The lowest BCUT2D eigenvalue weighted by Crippen LogP contribution is -2.35. The molecular formula is C16H21N. The maximum atomic E-state index is 3.82. The molecule has 2 saturated carbocycles. The van der Waals surface area contributed by atoms with Gasteiger partial charge < -0.3 is 5.32 Å². The highest BCUT2D eigenvalue weighted by Gasteiger charge is 2.43. The Morgan fingerprint density at radius 3 is 2.76 bits per heavy atom. The van der Waals surface area contributed by atoms with Crippen LogP contribution in [-0.4, -0.2) is 6.04 Å². The largest absolute Gasteiger partial charge is 0.382 e. The van der Waals surface area contributed by atoms with Crippen LogP contribution in [0.3, 0.4) is 0 Å². The summed E-state index contributed by atoms with van der Waals surface area (Å²) in [5.41, 5.74) is 2.93. The van der Waals surface area contributed by atoms with Crippen molar-refractivity contribution in [1.82, 2.24) is 0 Å². The van der Waals surface area contributed by atoms with Gasteiger partial charge in [0.2, 0.25) is 0 Å². The van der Waals surface area contributed by atoms with Crippen LogP contribution in [0.2, 0.25) is 0 Å². The number of aryl methyl sites for hydroxylation is 1. The second-order valence-electron chi connectivity index (χ2n) is 6.29. The quantitative estimate of drug-likeness (QED) is 0.768. The molecule has 4 atom stereocenters. The first-order valence-electron chi connectivity index (χ1n) is 7.24. The highest BCUT2D eigenvalue weighted by Crippen LogP contribution is 2.51. The van der Waals surface area contributed by atoms with Gasteiger partial charge >= 0.3 is 0 Å². The average molecular weight is 227 g/mol. The molecule has 1 heterocycles. The van der Waals surface area contributed by atoms with E-state index in [0.717, 1.165) is 23.8 Å². The molecule has 2 fully saturated rings. The summed E-state index contributed by atoms with van der Waals surface area (Å²) < 4.78 is 0. The SMILES string of the molecule is c1ccc2c(c1)CC[C@H](C1C[C@@H]3CC[C@H]1C3)N2. The predicted octanol–water partition coefficient (Wildman–Crippen LogP) is 3.85. The zero-order valence-electron chi connectivity index (χ0n) is 10.4. The number of hydrogen-bond donors (Lipinski definition) is 1. The zero-order chi connectivity index (χ0) is 11.2. The van der Waals surface area contributed by atoms with Crippen molar-refractivity contribution in [2.24, 2.45) is 17.8 Å². The average Bonchev–Trinajstić information content (AvgIpc) is 3.00. The minimum Gasteiger partial charge on any atom is -0.382 e. The normalized spacial score (nSPS) is 38.8. The summed E-state index contributed by atoms with van der Waals surface area (Å²) in [6.45, 7) is 0. The lowest BCUT2D eigenvalue weighted by Gasteiger charge is -2.35. The van der Waals surface area contributed by atoms with Crippen LogP contribution in [0.1, 0.15) is 37.7 Å². The Morgan fingerprint density at radius 1 is 1.00 bits per heavy atom. The Labute approximate surface area is 104 Å². The molecule has 1 aromatic rings. The summed E-state index contributed by atoms with van der Waals surface area (Å²) in [6.07, 6.45) is 8.70. The number of benzene rings is 1. The second kappa shape index (κ2) is 3.76. The molecule has 1 aliphatic heterocycles. The van der Waals surface area contributed by atoms with E-state index >= 15 is 0 Å². The third kappa shape index (κ3) is 1.59. The molecule has 0 amide bonds. The van der Waals surface area contributed by atoms with Crippen LogP contribution in [0.4, 0.5) is 5.69 Å². The standard InChI is InChI=1S/C16H21N/c1-2-4-15-12(3-1)7-8-16(17-15)14-10-11-5-6-13(14)9-11/h1-4,11,13-14,16-17H,5-10H2/t11-,13+,14?,16-/m1/s1. The minimum absolute atomic E-state index is 0.764. The molecule has 0 aromatic heterocycles. The molecule has 2 bridgehead atoms. The van der Waals surface area contributed by atoms with E-state index in [2.05, 4.69) is 29.6 Å². The molecule has 3 aliphatic rings. The van der Waals surface area contributed by atoms with Gasteiger partial charge in [-0.25, -0.2) is 0 Å². The summed E-state index contributed by atoms with van der Waals surface area (Å²) in [7, 11) is 0. The first kappa shape index (κ1) is 9.99. The molecule has 1 aromatic carbocycles. The lowest BCUT2D eigenvalue weighted by molar-refractivity contribution is 0.282. The van der Waals surface area contributed by atoms with E-state index in [1.165, 1.54) is 49.8 Å². The van der Waals surface area contributed by atoms with E-state index < -0.39 is 0 Å². The fourth-order valence-corrected chi connectivity index (χ4v) is 4.57. The van der Waals surface area contributed by atoms with Crippen molar-refractivity contribution in [2.45, 2.75) is 44.6 Å². The highest BCUT2D eigenvalue weighted by molar-refractivity contribution is 5.53. The van der Waals surface area contributed by atoms with Gasteiger partial charge in [-0.2, -0.15) is 0 Å². The van der Waals surface area contributed by atoms with Gasteiger partial charge in [0.1, 0.15) is 0 Å². The summed E-state index contributed by atoms with van der Waals surface area (Å²) in [5, 5.41) is 3.82. The van der Waals surface area contributed by atoms with Crippen LogP contribution >= 0.6 is 0 Å². The molecule has 1 nitrogen and oxygen atoms in total. The van der Waals surface area contributed by atoms with Gasteiger partial charge in [0.15, 0.2) is 0 Å². The molecule has 90 valence electrons. The van der Waals surface area contributed by atoms with Crippen molar-refractivity contribution in [1.29, 1.82) is 0 Å². The number of rotatable bonds is 1. The Bertz CT molecular complexity index is 425. The predicted molar refractivity (Wildman–Crippen MR) is 71.1 cm³/mol. The fraction of sp³-hybridized carbons (Fsp3) is 0.625. The zero-order valence-corrected chi connectivity index (χ0v) is 10.4. The Balaban J connectivity index is 1.55. The molecule has 0 radical (unpaired) electrons. The first-order valence-corrected chi connectivity index (χ1v) is 7.24. The molecule has 2 aliphatic carbocycles. The van der Waals surface area contributed by atoms with Gasteiger partial charge in [-0.05, 0) is 61.5 Å². The molecule has 4 rings (SSSR count). The van der Waals surface area contributed by atoms with Crippen molar-refractivity contribution in [3.8, 4) is 0 Å². The summed E-state index contributed by atoms with van der Waals surface area (Å²) >= 11 is 0. The Hall–Kier alpha value is -0.980. The van der Waals surface area contributed by atoms with Crippen LogP contribution in [0.5, 0.6) is 0 Å². The van der Waals surface area contributed by atoms with Gasteiger partial charge in [-0.3, -0.25) is 0 Å². The molecule has 1 heteroatoms. The van der Waals surface area contributed by atoms with Crippen molar-refractivity contribution >= 4 is 5.69 Å². The number of hydrogen-bond acceptors (Lipinski definition) is 1. The minimum atomic E-state index is 0.764. The van der Waals surface area contributed by atoms with Gasteiger partial charge in [0.25, 0.3) is 0 Å². The monoisotopic (exact) mass is 227 g/mol. The van der Waals surface area contributed by atoms with Crippen LogP contribution in [-0.2, 0) is 6.42 Å². The molecule has 0 saturated heterocycles. The van der Waals surface area contributed by atoms with E-state index in [1.54, 1.807) is 0 Å². The first-order chi connectivity index (χ1) is 8.40. The molecule has 17 heavy (non-hydrogen) atoms. The van der Waals surface area contributed by atoms with Crippen molar-refractivity contribution in [3.63, 3.8) is 0 Å². The molecular weight excluding hydrogens is 206 g/mol. The van der Waals surface area contributed by atoms with E-state index in [1.807, 2.05) is 0 Å². The van der Waals surface area contributed by atoms with Crippen molar-refractivity contribution in [2.75, 3.05) is 5.32 Å². The van der Waals surface area contributed by atoms with E-state index in [0.29, 0.717) is 0 Å². The molecule has 0 spiro atoms. The van der Waals surface area contributed by atoms with E-state index in [9.17, 15) is 0 Å². The van der Waals surface area contributed by atoms with Crippen LogP contribution in [0.15, 0.2) is 24.3 Å². The number of fused-ring (bicyclic) bond motifs is 3. The van der Waals surface area contributed by atoms with Crippen molar-refractivity contribution in [3.05, 3.63) is 29.8 Å². The third-order valence-corrected chi connectivity index (χ3v) is 5.39. The smallest absolute Gasteiger partial charge is 0.0374 e. The Morgan fingerprint density at radius 2 is 1.94 bits per heavy atom. The number of anilines is 1. The maximum absolute atomic E-state index is 3.82. The summed E-state index contributed by atoms with van der Waals surface area (Å²) in [4.78, 5) is 0. The summed E-state index contributed by atoms with van der Waals surface area (Å²) in [6, 6.07) is 9.63.